The third-order valence-electron chi connectivity index (χ3n) is 3.32. The van der Waals surface area contributed by atoms with Crippen LogP contribution in [0.2, 0.25) is 0 Å². The zero-order valence-electron chi connectivity index (χ0n) is 13.0. The summed E-state index contributed by atoms with van der Waals surface area (Å²) in [5.41, 5.74) is 0.681. The van der Waals surface area contributed by atoms with Crippen molar-refractivity contribution < 1.29 is 0 Å². The molecule has 10 heteroatoms. The molecular formula is C15H11Br2Cl2N3O2S. The molecule has 0 N–H and O–H groups in total. The Morgan fingerprint density at radius 2 is 1.88 bits per heavy atom. The van der Waals surface area contributed by atoms with Gasteiger partial charge in [-0.2, -0.15) is 9.23 Å². The molecule has 0 radical (unpaired) electrons. The summed E-state index contributed by atoms with van der Waals surface area (Å²) in [6.07, 6.45) is 1.24. The standard InChI is InChI=1S/C15H11Br2Cl2N3O2S/c1-8-4-3-5-9(2)11(8)21-7-10(6-20)12(23)22(14(21)24)25-15(17,19)13(16)18/h3-5,7,13H,1-2H3. The Kier molecular flexibility index (Phi) is 6.50. The van der Waals surface area contributed by atoms with Gasteiger partial charge in [-0.15, -0.1) is 11.6 Å². The molecule has 2 atom stereocenters. The first-order chi connectivity index (χ1) is 11.6. The van der Waals surface area contributed by atoms with Gasteiger partial charge in [-0.05, 0) is 25.0 Å². The van der Waals surface area contributed by atoms with Crippen molar-refractivity contribution in [3.05, 3.63) is 61.9 Å². The van der Waals surface area contributed by atoms with E-state index in [-0.39, 0.29) is 5.56 Å². The maximum absolute atomic E-state index is 12.9. The molecule has 1 aromatic heterocycles. The van der Waals surface area contributed by atoms with E-state index in [0.717, 1.165) is 15.1 Å². The molecule has 0 aliphatic heterocycles. The highest BCUT2D eigenvalue weighted by Gasteiger charge is 2.35. The van der Waals surface area contributed by atoms with Crippen molar-refractivity contribution in [3.63, 3.8) is 0 Å². The van der Waals surface area contributed by atoms with Gasteiger partial charge in [-0.25, -0.2) is 4.79 Å². The summed E-state index contributed by atoms with van der Waals surface area (Å²) in [7, 11) is 0. The van der Waals surface area contributed by atoms with E-state index < -0.39 is 18.7 Å². The van der Waals surface area contributed by atoms with E-state index in [0.29, 0.717) is 17.6 Å². The van der Waals surface area contributed by atoms with Crippen LogP contribution in [0.3, 0.4) is 0 Å². The smallest absolute Gasteiger partial charge is 0.267 e. The third kappa shape index (κ3) is 4.17. The number of aromatic nitrogens is 2. The molecule has 0 spiro atoms. The number of nitriles is 1. The summed E-state index contributed by atoms with van der Waals surface area (Å²) in [5.74, 6) is 0. The molecule has 0 aliphatic carbocycles. The summed E-state index contributed by atoms with van der Waals surface area (Å²) in [6, 6.07) is 7.36. The number of hydrogen-bond donors (Lipinski definition) is 0. The van der Waals surface area contributed by atoms with Crippen LogP contribution in [0, 0.1) is 25.2 Å². The first kappa shape index (κ1) is 20.6. The highest BCUT2D eigenvalue weighted by atomic mass is 79.9. The van der Waals surface area contributed by atoms with Crippen LogP contribution >= 0.6 is 67.0 Å². The van der Waals surface area contributed by atoms with Crippen LogP contribution in [0.5, 0.6) is 0 Å². The Morgan fingerprint density at radius 3 is 2.36 bits per heavy atom. The lowest BCUT2D eigenvalue weighted by atomic mass is 10.1. The molecule has 0 bridgehead atoms. The van der Waals surface area contributed by atoms with E-state index in [9.17, 15) is 14.9 Å². The Balaban J connectivity index is 2.82. The highest BCUT2D eigenvalue weighted by Crippen LogP contribution is 2.44. The molecule has 25 heavy (non-hydrogen) atoms. The highest BCUT2D eigenvalue weighted by molar-refractivity contribution is 9.14. The summed E-state index contributed by atoms with van der Waals surface area (Å²) in [6.45, 7) is 3.68. The molecule has 1 aromatic carbocycles. The lowest BCUT2D eigenvalue weighted by Gasteiger charge is -2.21. The molecule has 1 heterocycles. The van der Waals surface area contributed by atoms with Gasteiger partial charge in [0, 0.05) is 18.1 Å². The quantitative estimate of drug-likeness (QED) is 0.558. The summed E-state index contributed by atoms with van der Waals surface area (Å²) >= 11 is 19.1. The van der Waals surface area contributed by atoms with Crippen molar-refractivity contribution in [2.75, 3.05) is 0 Å². The monoisotopic (exact) mass is 525 g/mol. The fourth-order valence-corrected chi connectivity index (χ4v) is 3.88. The average molecular weight is 528 g/mol. The van der Waals surface area contributed by atoms with E-state index in [2.05, 4.69) is 31.9 Å². The Morgan fingerprint density at radius 1 is 1.32 bits per heavy atom. The van der Waals surface area contributed by atoms with E-state index in [1.165, 1.54) is 10.8 Å². The van der Waals surface area contributed by atoms with Crippen LogP contribution in [-0.2, 0) is 0 Å². The van der Waals surface area contributed by atoms with Crippen LogP contribution in [0.1, 0.15) is 16.7 Å². The number of aryl methyl sites for hydroxylation is 2. The largest absolute Gasteiger partial charge is 0.346 e. The van der Waals surface area contributed by atoms with E-state index in [1.807, 2.05) is 38.1 Å². The summed E-state index contributed by atoms with van der Waals surface area (Å²) in [5, 5.41) is 9.28. The fourth-order valence-electron chi connectivity index (χ4n) is 2.20. The van der Waals surface area contributed by atoms with Gasteiger partial charge in [0.2, 0.25) is 0 Å². The van der Waals surface area contributed by atoms with Gasteiger partial charge in [0.05, 0.1) is 5.69 Å². The van der Waals surface area contributed by atoms with Crippen molar-refractivity contribution >= 4 is 67.0 Å². The lowest BCUT2D eigenvalue weighted by Crippen LogP contribution is -2.40. The molecular weight excluding hydrogens is 517 g/mol. The van der Waals surface area contributed by atoms with Crippen molar-refractivity contribution in [3.8, 4) is 11.8 Å². The maximum Gasteiger partial charge on any atom is 0.346 e. The number of benzene rings is 1. The van der Waals surface area contributed by atoms with Gasteiger partial charge >= 0.3 is 5.69 Å². The summed E-state index contributed by atoms with van der Waals surface area (Å²) in [4.78, 5) is 25.4. The Bertz CT molecular complexity index is 960. The first-order valence-corrected chi connectivity index (χ1v) is 10.1. The molecule has 2 aromatic rings. The summed E-state index contributed by atoms with van der Waals surface area (Å²) < 4.78 is -0.0698. The van der Waals surface area contributed by atoms with Crippen LogP contribution in [0.4, 0.5) is 0 Å². The number of hydrogen-bond acceptors (Lipinski definition) is 4. The normalized spacial score (nSPS) is 14.6. The number of nitrogens with zero attached hydrogens (tertiary/aromatic N) is 3. The van der Waals surface area contributed by atoms with Crippen LogP contribution in [0.15, 0.2) is 34.0 Å². The predicted molar refractivity (Wildman–Crippen MR) is 110 cm³/mol. The predicted octanol–water partition coefficient (Wildman–Crippen LogP) is 4.23. The zero-order chi connectivity index (χ0) is 18.9. The Hall–Kier alpha value is -0.720. The molecule has 0 saturated carbocycles. The van der Waals surface area contributed by atoms with Crippen molar-refractivity contribution in [2.45, 2.75) is 21.2 Å². The number of rotatable bonds is 4. The third-order valence-corrected chi connectivity index (χ3v) is 8.32. The minimum atomic E-state index is -1.37. The maximum atomic E-state index is 12.9. The molecule has 0 amide bonds. The van der Waals surface area contributed by atoms with E-state index >= 15 is 0 Å². The minimum absolute atomic E-state index is 0.185. The van der Waals surface area contributed by atoms with Crippen molar-refractivity contribution in [2.24, 2.45) is 0 Å². The molecule has 132 valence electrons. The molecule has 5 nitrogen and oxygen atoms in total. The molecule has 0 fully saturated rings. The topological polar surface area (TPSA) is 67.8 Å². The van der Waals surface area contributed by atoms with Gasteiger partial charge in [0.25, 0.3) is 5.56 Å². The zero-order valence-corrected chi connectivity index (χ0v) is 18.5. The van der Waals surface area contributed by atoms with Gasteiger partial charge in [0.15, 0.2) is 3.12 Å². The lowest BCUT2D eigenvalue weighted by molar-refractivity contribution is 0.845. The molecule has 2 unspecified atom stereocenters. The van der Waals surface area contributed by atoms with Gasteiger partial charge in [-0.1, -0.05) is 61.7 Å². The van der Waals surface area contributed by atoms with Crippen LogP contribution < -0.4 is 11.2 Å². The van der Waals surface area contributed by atoms with Gasteiger partial charge in [0.1, 0.15) is 15.9 Å². The minimum Gasteiger partial charge on any atom is -0.267 e. The van der Waals surface area contributed by atoms with Crippen LogP contribution in [0.25, 0.3) is 5.69 Å². The number of para-hydroxylation sites is 1. The van der Waals surface area contributed by atoms with E-state index in [1.54, 1.807) is 0 Å². The van der Waals surface area contributed by atoms with E-state index in [4.69, 9.17) is 23.2 Å². The second-order valence-corrected chi connectivity index (χ2v) is 11.2. The average Bonchev–Trinajstić information content (AvgIpc) is 2.53. The molecule has 2 rings (SSSR count). The van der Waals surface area contributed by atoms with Gasteiger partial charge in [-0.3, -0.25) is 9.36 Å². The second kappa shape index (κ2) is 7.89. The van der Waals surface area contributed by atoms with Gasteiger partial charge < -0.3 is 0 Å². The number of halogens is 4. The first-order valence-electron chi connectivity index (χ1n) is 6.81. The fraction of sp³-hybridized carbons (Fsp3) is 0.267. The number of alkyl halides is 4. The Labute approximate surface area is 174 Å². The van der Waals surface area contributed by atoms with Crippen molar-refractivity contribution in [1.29, 1.82) is 5.26 Å². The molecule has 0 aliphatic rings. The SMILES string of the molecule is Cc1cccc(C)c1-n1cc(C#N)c(=O)n(SC(Cl)(Br)C(Cl)Br)c1=O. The van der Waals surface area contributed by atoms with Crippen molar-refractivity contribution in [1.82, 2.24) is 8.54 Å². The second-order valence-electron chi connectivity index (χ2n) is 5.10. The van der Waals surface area contributed by atoms with Crippen LogP contribution in [-0.4, -0.2) is 15.9 Å². The molecule has 0 saturated heterocycles.